The molecule has 0 aliphatic carbocycles. The first kappa shape index (κ1) is 7.92. The predicted octanol–water partition coefficient (Wildman–Crippen LogP) is 1.08. The molecule has 0 amide bonds. The molecule has 0 aliphatic heterocycles. The second-order valence-electron chi connectivity index (χ2n) is 1.88. The molecule has 8 heavy (non-hydrogen) atoms. The Morgan fingerprint density at radius 2 is 2.25 bits per heavy atom. The van der Waals surface area contributed by atoms with Gasteiger partial charge in [0.1, 0.15) is 6.79 Å². The van der Waals surface area contributed by atoms with Crippen LogP contribution in [0.1, 0.15) is 6.92 Å². The average molecular weight is 117 g/mol. The maximum absolute atomic E-state index is 4.96. The van der Waals surface area contributed by atoms with Gasteiger partial charge in [0.25, 0.3) is 0 Å². The third-order valence-electron chi connectivity index (χ3n) is 0.604. The van der Waals surface area contributed by atoms with Crippen LogP contribution in [0.5, 0.6) is 0 Å². The molecule has 0 saturated heterocycles. The minimum Gasteiger partial charge on any atom is -0.359 e. The zero-order valence-corrected chi connectivity index (χ0v) is 5.52. The van der Waals surface area contributed by atoms with Crippen molar-refractivity contribution >= 4 is 0 Å². The number of rotatable bonds is 4. The highest BCUT2D eigenvalue weighted by Crippen LogP contribution is 1.90. The normalized spacial score (nSPS) is 10.5. The third-order valence-corrected chi connectivity index (χ3v) is 0.604. The molecule has 1 radical (unpaired) electrons. The number of methoxy groups -OCH3 is 1. The van der Waals surface area contributed by atoms with Gasteiger partial charge in [0.2, 0.25) is 0 Å². The van der Waals surface area contributed by atoms with E-state index in [0.29, 0.717) is 19.3 Å². The zero-order chi connectivity index (χ0) is 6.41. The maximum Gasteiger partial charge on any atom is 0.146 e. The van der Waals surface area contributed by atoms with Gasteiger partial charge in [-0.25, -0.2) is 0 Å². The SMILES string of the molecule is [CH2]C(C)COCOC. The van der Waals surface area contributed by atoms with Crippen molar-refractivity contribution in [2.75, 3.05) is 20.5 Å². The van der Waals surface area contributed by atoms with Crippen LogP contribution in [0.2, 0.25) is 0 Å². The highest BCUT2D eigenvalue weighted by molar-refractivity contribution is 4.49. The molecule has 0 aromatic heterocycles. The quantitative estimate of drug-likeness (QED) is 0.405. The van der Waals surface area contributed by atoms with Crippen LogP contribution in [0.15, 0.2) is 0 Å². The fourth-order valence-electron chi connectivity index (χ4n) is 0.333. The molecule has 0 aromatic carbocycles. The molecule has 0 aromatic rings. The maximum atomic E-state index is 4.96. The lowest BCUT2D eigenvalue weighted by molar-refractivity contribution is -0.0373. The smallest absolute Gasteiger partial charge is 0.146 e. The van der Waals surface area contributed by atoms with Gasteiger partial charge in [0, 0.05) is 7.11 Å². The van der Waals surface area contributed by atoms with Crippen LogP contribution in [0.3, 0.4) is 0 Å². The lowest BCUT2D eigenvalue weighted by atomic mass is 10.2. The summed E-state index contributed by atoms with van der Waals surface area (Å²) in [4.78, 5) is 0. The molecule has 0 spiro atoms. The Bertz CT molecular complexity index is 43.8. The first-order valence-electron chi connectivity index (χ1n) is 2.67. The van der Waals surface area contributed by atoms with E-state index in [1.165, 1.54) is 0 Å². The molecule has 49 valence electrons. The van der Waals surface area contributed by atoms with Crippen molar-refractivity contribution in [2.24, 2.45) is 5.92 Å². The van der Waals surface area contributed by atoms with Crippen molar-refractivity contribution in [3.63, 3.8) is 0 Å². The van der Waals surface area contributed by atoms with E-state index < -0.39 is 0 Å². The summed E-state index contributed by atoms with van der Waals surface area (Å²) in [6.07, 6.45) is 0. The lowest BCUT2D eigenvalue weighted by Crippen LogP contribution is -2.03. The Morgan fingerprint density at radius 1 is 1.62 bits per heavy atom. The van der Waals surface area contributed by atoms with E-state index in [1.807, 2.05) is 6.92 Å². The monoisotopic (exact) mass is 117 g/mol. The third kappa shape index (κ3) is 5.92. The van der Waals surface area contributed by atoms with Crippen molar-refractivity contribution in [2.45, 2.75) is 6.92 Å². The van der Waals surface area contributed by atoms with Crippen LogP contribution >= 0.6 is 0 Å². The molecular formula is C6H13O2. The van der Waals surface area contributed by atoms with Gasteiger partial charge in [-0.2, -0.15) is 0 Å². The second kappa shape index (κ2) is 5.06. The van der Waals surface area contributed by atoms with E-state index in [9.17, 15) is 0 Å². The Kier molecular flexibility index (Phi) is 5.01. The van der Waals surface area contributed by atoms with E-state index in [2.05, 4.69) is 11.7 Å². The van der Waals surface area contributed by atoms with E-state index in [0.717, 1.165) is 0 Å². The number of hydrogen-bond donors (Lipinski definition) is 0. The summed E-state index contributed by atoms with van der Waals surface area (Å²) in [6.45, 7) is 6.77. The van der Waals surface area contributed by atoms with Crippen molar-refractivity contribution in [3.8, 4) is 0 Å². The van der Waals surface area contributed by atoms with Crippen molar-refractivity contribution in [1.82, 2.24) is 0 Å². The first-order chi connectivity index (χ1) is 3.77. The number of hydrogen-bond acceptors (Lipinski definition) is 2. The highest BCUT2D eigenvalue weighted by atomic mass is 16.7. The van der Waals surface area contributed by atoms with E-state index >= 15 is 0 Å². The van der Waals surface area contributed by atoms with Crippen LogP contribution in [-0.4, -0.2) is 20.5 Å². The number of ether oxygens (including phenoxy) is 2. The predicted molar refractivity (Wildman–Crippen MR) is 32.3 cm³/mol. The molecule has 0 N–H and O–H groups in total. The molecule has 1 atom stereocenters. The molecule has 0 bridgehead atoms. The van der Waals surface area contributed by atoms with Gasteiger partial charge in [0.05, 0.1) is 6.61 Å². The van der Waals surface area contributed by atoms with Gasteiger partial charge >= 0.3 is 0 Å². The minimum atomic E-state index is 0.352. The van der Waals surface area contributed by atoms with E-state index in [1.54, 1.807) is 7.11 Å². The van der Waals surface area contributed by atoms with E-state index in [-0.39, 0.29) is 0 Å². The van der Waals surface area contributed by atoms with Crippen molar-refractivity contribution in [1.29, 1.82) is 0 Å². The summed E-state index contributed by atoms with van der Waals surface area (Å²) in [5.41, 5.74) is 0. The topological polar surface area (TPSA) is 18.5 Å². The Morgan fingerprint density at radius 3 is 2.62 bits per heavy atom. The van der Waals surface area contributed by atoms with Gasteiger partial charge in [-0.3, -0.25) is 0 Å². The fraction of sp³-hybridized carbons (Fsp3) is 0.833. The summed E-state index contributed by atoms with van der Waals surface area (Å²) >= 11 is 0. The summed E-state index contributed by atoms with van der Waals surface area (Å²) in [7, 11) is 1.60. The van der Waals surface area contributed by atoms with Crippen LogP contribution in [0, 0.1) is 12.8 Å². The highest BCUT2D eigenvalue weighted by Gasteiger charge is 1.90. The Balaban J connectivity index is 2.72. The van der Waals surface area contributed by atoms with Crippen molar-refractivity contribution < 1.29 is 9.47 Å². The average Bonchev–Trinajstić information content (AvgIpc) is 1.66. The van der Waals surface area contributed by atoms with Gasteiger partial charge < -0.3 is 9.47 Å². The Labute approximate surface area is 50.8 Å². The summed E-state index contributed by atoms with van der Waals surface area (Å²) in [5.74, 6) is 0.352. The van der Waals surface area contributed by atoms with Gasteiger partial charge in [-0.15, -0.1) is 0 Å². The first-order valence-corrected chi connectivity index (χ1v) is 2.67. The summed E-state index contributed by atoms with van der Waals surface area (Å²) in [5, 5.41) is 0. The standard InChI is InChI=1S/C6H13O2/c1-6(2)4-8-5-7-3/h6H,1,4-5H2,2-3H3. The molecular weight excluding hydrogens is 104 g/mol. The zero-order valence-electron chi connectivity index (χ0n) is 5.52. The van der Waals surface area contributed by atoms with Crippen LogP contribution in [0.25, 0.3) is 0 Å². The molecule has 2 nitrogen and oxygen atoms in total. The molecule has 2 heteroatoms. The molecule has 0 aliphatic rings. The molecule has 1 unspecified atom stereocenters. The lowest BCUT2D eigenvalue weighted by Gasteiger charge is -2.03. The van der Waals surface area contributed by atoms with E-state index in [4.69, 9.17) is 4.74 Å². The van der Waals surface area contributed by atoms with Gasteiger partial charge in [0.15, 0.2) is 0 Å². The van der Waals surface area contributed by atoms with Crippen LogP contribution < -0.4 is 0 Å². The largest absolute Gasteiger partial charge is 0.359 e. The van der Waals surface area contributed by atoms with Crippen LogP contribution in [0.4, 0.5) is 0 Å². The minimum absolute atomic E-state index is 0.352. The summed E-state index contributed by atoms with van der Waals surface area (Å²) < 4.78 is 9.60. The van der Waals surface area contributed by atoms with Gasteiger partial charge in [-0.1, -0.05) is 6.92 Å². The molecule has 0 saturated carbocycles. The molecule has 0 rings (SSSR count). The van der Waals surface area contributed by atoms with Crippen LogP contribution in [-0.2, 0) is 9.47 Å². The second-order valence-corrected chi connectivity index (χ2v) is 1.88. The fourth-order valence-corrected chi connectivity index (χ4v) is 0.333. The van der Waals surface area contributed by atoms with Gasteiger partial charge in [-0.05, 0) is 12.8 Å². The van der Waals surface area contributed by atoms with Crippen molar-refractivity contribution in [3.05, 3.63) is 6.92 Å². The summed E-state index contributed by atoms with van der Waals surface area (Å²) in [6, 6.07) is 0. The molecule has 0 heterocycles. The molecule has 0 fully saturated rings. The Hall–Kier alpha value is -0.0800.